The maximum Gasteiger partial charge on any atom is 0.257 e. The molecule has 2 aromatic rings. The molecule has 0 aliphatic heterocycles. The van der Waals surface area contributed by atoms with Gasteiger partial charge in [-0.15, -0.1) is 0 Å². The van der Waals surface area contributed by atoms with Gasteiger partial charge in [0, 0.05) is 18.4 Å². The quantitative estimate of drug-likeness (QED) is 0.902. The van der Waals surface area contributed by atoms with Crippen molar-refractivity contribution in [2.45, 2.75) is 13.8 Å². The Morgan fingerprint density at radius 2 is 2.14 bits per heavy atom. The molecule has 2 N–H and O–H groups in total. The molecule has 5 nitrogen and oxygen atoms in total. The van der Waals surface area contributed by atoms with Crippen LogP contribution < -0.4 is 10.6 Å². The molecule has 106 valence electrons. The summed E-state index contributed by atoms with van der Waals surface area (Å²) in [6, 6.07) is 10.7. The lowest BCUT2D eigenvalue weighted by molar-refractivity contribution is 0.102. The number of nitriles is 1. The standard InChI is InChI=1S/C16H16N4O/c1-3-18-15-7-6-13(10-19-15)16(21)20-14-8-12(9-17)5-4-11(14)2/h4-8,10H,3H2,1-2H3,(H,18,19)(H,20,21). The number of hydrogen-bond donors (Lipinski definition) is 2. The molecule has 1 heterocycles. The average molecular weight is 280 g/mol. The minimum atomic E-state index is -0.247. The van der Waals surface area contributed by atoms with E-state index in [0.29, 0.717) is 16.8 Å². The number of benzene rings is 1. The van der Waals surface area contributed by atoms with Crippen molar-refractivity contribution in [1.29, 1.82) is 5.26 Å². The molecule has 1 amide bonds. The Hall–Kier alpha value is -2.87. The molecule has 1 aromatic carbocycles. The van der Waals surface area contributed by atoms with Gasteiger partial charge in [-0.3, -0.25) is 4.79 Å². The Balaban J connectivity index is 2.16. The van der Waals surface area contributed by atoms with Crippen LogP contribution in [0.5, 0.6) is 0 Å². The van der Waals surface area contributed by atoms with Crippen LogP contribution >= 0.6 is 0 Å². The van der Waals surface area contributed by atoms with E-state index in [1.807, 2.05) is 13.8 Å². The lowest BCUT2D eigenvalue weighted by atomic mass is 10.1. The number of hydrogen-bond acceptors (Lipinski definition) is 4. The molecule has 5 heteroatoms. The van der Waals surface area contributed by atoms with E-state index in [4.69, 9.17) is 5.26 Å². The smallest absolute Gasteiger partial charge is 0.257 e. The lowest BCUT2D eigenvalue weighted by Gasteiger charge is -2.09. The Labute approximate surface area is 123 Å². The van der Waals surface area contributed by atoms with Gasteiger partial charge in [-0.1, -0.05) is 6.07 Å². The highest BCUT2D eigenvalue weighted by atomic mass is 16.1. The zero-order valence-electron chi connectivity index (χ0n) is 12.0. The number of carbonyl (C=O) groups is 1. The highest BCUT2D eigenvalue weighted by molar-refractivity contribution is 6.04. The predicted molar refractivity (Wildman–Crippen MR) is 82.2 cm³/mol. The van der Waals surface area contributed by atoms with Crippen LogP contribution in [0.25, 0.3) is 0 Å². The van der Waals surface area contributed by atoms with E-state index < -0.39 is 0 Å². The van der Waals surface area contributed by atoms with E-state index in [9.17, 15) is 4.79 Å². The van der Waals surface area contributed by atoms with Gasteiger partial charge in [0.05, 0.1) is 17.2 Å². The fourth-order valence-electron chi connectivity index (χ4n) is 1.83. The average Bonchev–Trinajstić information content (AvgIpc) is 2.50. The van der Waals surface area contributed by atoms with Gasteiger partial charge in [-0.2, -0.15) is 5.26 Å². The minimum Gasteiger partial charge on any atom is -0.370 e. The largest absolute Gasteiger partial charge is 0.370 e. The maximum absolute atomic E-state index is 12.2. The van der Waals surface area contributed by atoms with E-state index in [2.05, 4.69) is 21.7 Å². The Morgan fingerprint density at radius 1 is 1.33 bits per heavy atom. The normalized spacial score (nSPS) is 9.76. The van der Waals surface area contributed by atoms with Gasteiger partial charge in [0.25, 0.3) is 5.91 Å². The summed E-state index contributed by atoms with van der Waals surface area (Å²) in [6.07, 6.45) is 1.52. The number of nitrogens with zero attached hydrogens (tertiary/aromatic N) is 2. The van der Waals surface area contributed by atoms with Crippen LogP contribution in [0.2, 0.25) is 0 Å². The first-order valence-corrected chi connectivity index (χ1v) is 6.66. The molecule has 0 aliphatic rings. The molecule has 0 saturated heterocycles. The number of carbonyl (C=O) groups excluding carboxylic acids is 1. The monoisotopic (exact) mass is 280 g/mol. The van der Waals surface area contributed by atoms with E-state index in [0.717, 1.165) is 17.9 Å². The van der Waals surface area contributed by atoms with Crippen LogP contribution in [0.1, 0.15) is 28.4 Å². The third-order valence-electron chi connectivity index (χ3n) is 3.00. The molecule has 0 saturated carbocycles. The topological polar surface area (TPSA) is 77.8 Å². The summed E-state index contributed by atoms with van der Waals surface area (Å²) in [5.41, 5.74) is 2.52. The van der Waals surface area contributed by atoms with Gasteiger partial charge in [-0.05, 0) is 43.7 Å². The summed E-state index contributed by atoms with van der Waals surface area (Å²) < 4.78 is 0. The van der Waals surface area contributed by atoms with Crippen molar-refractivity contribution in [3.8, 4) is 6.07 Å². The first kappa shape index (κ1) is 14.5. The van der Waals surface area contributed by atoms with Gasteiger partial charge in [0.15, 0.2) is 0 Å². The number of nitrogens with one attached hydrogen (secondary N) is 2. The van der Waals surface area contributed by atoms with E-state index in [1.165, 1.54) is 6.20 Å². The van der Waals surface area contributed by atoms with E-state index in [-0.39, 0.29) is 5.91 Å². The molecule has 0 unspecified atom stereocenters. The molecular weight excluding hydrogens is 264 g/mol. The lowest BCUT2D eigenvalue weighted by Crippen LogP contribution is -2.13. The molecule has 0 fully saturated rings. The Morgan fingerprint density at radius 3 is 2.76 bits per heavy atom. The van der Waals surface area contributed by atoms with Gasteiger partial charge >= 0.3 is 0 Å². The van der Waals surface area contributed by atoms with Crippen molar-refractivity contribution in [2.75, 3.05) is 17.2 Å². The number of aromatic nitrogens is 1. The number of aryl methyl sites for hydroxylation is 1. The zero-order chi connectivity index (χ0) is 15.2. The molecule has 2 rings (SSSR count). The van der Waals surface area contributed by atoms with Crippen molar-refractivity contribution in [1.82, 2.24) is 4.98 Å². The first-order valence-electron chi connectivity index (χ1n) is 6.66. The van der Waals surface area contributed by atoms with Crippen LogP contribution in [0.3, 0.4) is 0 Å². The van der Waals surface area contributed by atoms with Crippen molar-refractivity contribution in [2.24, 2.45) is 0 Å². The van der Waals surface area contributed by atoms with E-state index >= 15 is 0 Å². The molecule has 0 spiro atoms. The zero-order valence-corrected chi connectivity index (χ0v) is 12.0. The third kappa shape index (κ3) is 3.57. The van der Waals surface area contributed by atoms with Gasteiger partial charge < -0.3 is 10.6 Å². The van der Waals surface area contributed by atoms with E-state index in [1.54, 1.807) is 30.3 Å². The minimum absolute atomic E-state index is 0.247. The maximum atomic E-state index is 12.2. The predicted octanol–water partition coefficient (Wildman–Crippen LogP) is 2.95. The summed E-state index contributed by atoms with van der Waals surface area (Å²) in [7, 11) is 0. The van der Waals surface area contributed by atoms with Gasteiger partial charge in [0.1, 0.15) is 5.82 Å². The van der Waals surface area contributed by atoms with Crippen molar-refractivity contribution in [3.05, 3.63) is 53.2 Å². The first-order chi connectivity index (χ1) is 10.1. The van der Waals surface area contributed by atoms with Gasteiger partial charge in [0.2, 0.25) is 0 Å². The number of pyridine rings is 1. The number of anilines is 2. The molecule has 0 bridgehead atoms. The van der Waals surface area contributed by atoms with Crippen molar-refractivity contribution in [3.63, 3.8) is 0 Å². The second-order valence-corrected chi connectivity index (χ2v) is 4.56. The molecular formula is C16H16N4O. The molecule has 21 heavy (non-hydrogen) atoms. The molecule has 1 aromatic heterocycles. The number of rotatable bonds is 4. The summed E-state index contributed by atoms with van der Waals surface area (Å²) >= 11 is 0. The Bertz CT molecular complexity index is 686. The van der Waals surface area contributed by atoms with Crippen LogP contribution in [-0.2, 0) is 0 Å². The SMILES string of the molecule is CCNc1ccc(C(=O)Nc2cc(C#N)ccc2C)cn1. The highest BCUT2D eigenvalue weighted by Gasteiger charge is 2.09. The fraction of sp³-hybridized carbons (Fsp3) is 0.188. The van der Waals surface area contributed by atoms with Crippen LogP contribution in [0.15, 0.2) is 36.5 Å². The third-order valence-corrected chi connectivity index (χ3v) is 3.00. The fourth-order valence-corrected chi connectivity index (χ4v) is 1.83. The molecule has 0 radical (unpaired) electrons. The highest BCUT2D eigenvalue weighted by Crippen LogP contribution is 2.17. The second kappa shape index (κ2) is 6.53. The summed E-state index contributed by atoms with van der Waals surface area (Å²) in [5, 5.41) is 14.8. The van der Waals surface area contributed by atoms with Gasteiger partial charge in [-0.25, -0.2) is 4.98 Å². The van der Waals surface area contributed by atoms with Crippen LogP contribution in [0.4, 0.5) is 11.5 Å². The van der Waals surface area contributed by atoms with Crippen LogP contribution in [0, 0.1) is 18.3 Å². The summed E-state index contributed by atoms with van der Waals surface area (Å²) in [5.74, 6) is 0.487. The van der Waals surface area contributed by atoms with Crippen LogP contribution in [-0.4, -0.2) is 17.4 Å². The second-order valence-electron chi connectivity index (χ2n) is 4.56. The summed E-state index contributed by atoms with van der Waals surface area (Å²) in [4.78, 5) is 16.3. The molecule has 0 atom stereocenters. The number of amides is 1. The van der Waals surface area contributed by atoms with Crippen molar-refractivity contribution < 1.29 is 4.79 Å². The molecule has 0 aliphatic carbocycles. The summed E-state index contributed by atoms with van der Waals surface area (Å²) in [6.45, 7) is 4.63. The Kier molecular flexibility index (Phi) is 4.52. The van der Waals surface area contributed by atoms with Crippen molar-refractivity contribution >= 4 is 17.4 Å².